The van der Waals surface area contributed by atoms with Crippen molar-refractivity contribution in [2.45, 2.75) is 64.3 Å². The summed E-state index contributed by atoms with van der Waals surface area (Å²) >= 11 is 0. The van der Waals surface area contributed by atoms with Gasteiger partial charge < -0.3 is 0 Å². The maximum absolute atomic E-state index is 15.8. The number of nitrogens with zero attached hydrogens (tertiary/aromatic N) is 3. The van der Waals surface area contributed by atoms with Gasteiger partial charge in [-0.25, -0.2) is 8.78 Å². The number of benzene rings is 1. The highest BCUT2D eigenvalue weighted by atomic mass is 19.1. The Morgan fingerprint density at radius 3 is 2.41 bits per heavy atom. The number of fused-ring (bicyclic) bond motifs is 3. The highest BCUT2D eigenvalue weighted by Gasteiger charge is 2.59. The second-order valence-electron chi connectivity index (χ2n) is 9.65. The molecule has 32 heavy (non-hydrogen) atoms. The van der Waals surface area contributed by atoms with E-state index in [0.717, 1.165) is 25.1 Å². The molecule has 1 aromatic heterocycles. The van der Waals surface area contributed by atoms with Crippen molar-refractivity contribution in [1.82, 2.24) is 4.48 Å². The maximum atomic E-state index is 15.8. The predicted molar refractivity (Wildman–Crippen MR) is 126 cm³/mol. The van der Waals surface area contributed by atoms with Crippen LogP contribution < -0.4 is 9.05 Å². The van der Waals surface area contributed by atoms with E-state index in [-0.39, 0.29) is 0 Å². The highest BCUT2D eigenvalue weighted by Crippen LogP contribution is 2.52. The zero-order chi connectivity index (χ0) is 23.9. The molecule has 2 unspecified atom stereocenters. The predicted octanol–water partition coefficient (Wildman–Crippen LogP) is 6.13. The van der Waals surface area contributed by atoms with Crippen molar-refractivity contribution in [3.8, 4) is 17.3 Å². The molecule has 3 nitrogen and oxygen atoms in total. The second-order valence-corrected chi connectivity index (χ2v) is 9.65. The van der Waals surface area contributed by atoms with Crippen LogP contribution in [-0.4, -0.2) is 20.6 Å². The number of aromatic nitrogens is 1. The number of unbranched alkanes of at least 4 members (excludes halogenated alkanes) is 1. The number of halogens is 2. The zero-order valence-electron chi connectivity index (χ0n) is 20.2. The van der Waals surface area contributed by atoms with E-state index in [1.807, 2.05) is 32.2 Å². The summed E-state index contributed by atoms with van der Waals surface area (Å²) < 4.78 is 33.4. The molecule has 0 N–H and O–H groups in total. The third kappa shape index (κ3) is 3.19. The van der Waals surface area contributed by atoms with Gasteiger partial charge in [0.1, 0.15) is 23.1 Å². The summed E-state index contributed by atoms with van der Waals surface area (Å²) in [5, 5.41) is 9.46. The summed E-state index contributed by atoms with van der Waals surface area (Å²) in [5.74, 6) is -1.58. The van der Waals surface area contributed by atoms with Crippen molar-refractivity contribution in [2.75, 3.05) is 20.6 Å². The van der Waals surface area contributed by atoms with Crippen molar-refractivity contribution in [3.63, 3.8) is 0 Å². The van der Waals surface area contributed by atoms with Crippen LogP contribution in [0.3, 0.4) is 0 Å². The molecule has 0 aliphatic carbocycles. The van der Waals surface area contributed by atoms with Crippen LogP contribution in [0.25, 0.3) is 11.3 Å². The Hall–Kier alpha value is -2.58. The summed E-state index contributed by atoms with van der Waals surface area (Å²) in [6, 6.07) is 7.22. The molecule has 0 saturated heterocycles. The van der Waals surface area contributed by atoms with E-state index in [0.29, 0.717) is 34.1 Å². The summed E-state index contributed by atoms with van der Waals surface area (Å²) in [6.45, 7) is 13.5. The van der Waals surface area contributed by atoms with Gasteiger partial charge in [-0.05, 0) is 37.5 Å². The molecule has 1 aliphatic heterocycles. The minimum absolute atomic E-state index is 0.329. The monoisotopic (exact) mass is 439 g/mol. The first-order chi connectivity index (χ1) is 15.1. The molecule has 3 rings (SSSR count). The lowest BCUT2D eigenvalue weighted by Crippen LogP contribution is -2.68. The lowest BCUT2D eigenvalue weighted by Gasteiger charge is -2.46. The van der Waals surface area contributed by atoms with E-state index in [4.69, 9.17) is 0 Å². The first-order valence-electron chi connectivity index (χ1n) is 11.5. The Morgan fingerprint density at radius 2 is 1.88 bits per heavy atom. The van der Waals surface area contributed by atoms with Crippen molar-refractivity contribution in [2.24, 2.45) is 0 Å². The maximum Gasteiger partial charge on any atom is 0.222 e. The van der Waals surface area contributed by atoms with Crippen LogP contribution in [-0.2, 0) is 11.0 Å². The van der Waals surface area contributed by atoms with Gasteiger partial charge >= 0.3 is 0 Å². The van der Waals surface area contributed by atoms with Crippen molar-refractivity contribution in [1.29, 1.82) is 5.26 Å². The molecule has 0 saturated carbocycles. The molecule has 2 heterocycles. The van der Waals surface area contributed by atoms with Crippen molar-refractivity contribution < 1.29 is 13.3 Å². The van der Waals surface area contributed by atoms with Gasteiger partial charge in [-0.2, -0.15) is 9.83 Å². The van der Waals surface area contributed by atoms with Crippen molar-refractivity contribution in [3.05, 3.63) is 59.8 Å². The van der Waals surface area contributed by atoms with E-state index < -0.39 is 28.2 Å². The topological polar surface area (TPSA) is 27.7 Å². The Balaban J connectivity index is 2.47. The Labute approximate surface area is 191 Å². The Bertz CT molecular complexity index is 1100. The van der Waals surface area contributed by atoms with Crippen LogP contribution in [0.1, 0.15) is 64.5 Å². The van der Waals surface area contributed by atoms with Crippen LogP contribution in [0, 0.1) is 23.0 Å². The summed E-state index contributed by atoms with van der Waals surface area (Å²) in [6.07, 6.45) is 7.49. The fourth-order valence-electron chi connectivity index (χ4n) is 5.52. The van der Waals surface area contributed by atoms with Gasteiger partial charge in [0.25, 0.3) is 0 Å². The van der Waals surface area contributed by atoms with E-state index in [9.17, 15) is 9.65 Å². The first-order valence-corrected chi connectivity index (χ1v) is 11.5. The first kappa shape index (κ1) is 24.1. The second kappa shape index (κ2) is 8.41. The molecule has 0 radical (unpaired) electrons. The lowest BCUT2D eigenvalue weighted by molar-refractivity contribution is -0.756. The third-order valence-corrected chi connectivity index (χ3v) is 7.86. The van der Waals surface area contributed by atoms with Gasteiger partial charge in [0.2, 0.25) is 5.69 Å². The van der Waals surface area contributed by atoms with Gasteiger partial charge in [-0.15, -0.1) is 0 Å². The zero-order valence-corrected chi connectivity index (χ0v) is 20.2. The fourth-order valence-corrected chi connectivity index (χ4v) is 5.52. The Morgan fingerprint density at radius 1 is 1.19 bits per heavy atom. The van der Waals surface area contributed by atoms with Gasteiger partial charge in [-0.3, -0.25) is 4.48 Å². The summed E-state index contributed by atoms with van der Waals surface area (Å²) in [7, 11) is 4.29. The quantitative estimate of drug-likeness (QED) is 0.290. The molecule has 2 aromatic rings. The minimum Gasteiger partial charge on any atom is -0.296 e. The number of quaternary nitrogens is 1. The molecule has 0 fully saturated rings. The van der Waals surface area contributed by atoms with E-state index in [1.165, 1.54) is 6.07 Å². The van der Waals surface area contributed by atoms with E-state index >= 15 is 4.39 Å². The van der Waals surface area contributed by atoms with Crippen LogP contribution in [0.15, 0.2) is 37.1 Å². The molecule has 1 aliphatic rings. The number of pyridine rings is 1. The van der Waals surface area contributed by atoms with Gasteiger partial charge in [0, 0.05) is 6.42 Å². The average Bonchev–Trinajstić information content (AvgIpc) is 2.78. The van der Waals surface area contributed by atoms with Crippen LogP contribution in [0.5, 0.6) is 0 Å². The fraction of sp³-hybridized carbons (Fsp3) is 0.481. The summed E-state index contributed by atoms with van der Waals surface area (Å²) in [5.41, 5.74) is 0.967. The standard InChI is InChI=1S/C27H35F2N3/c1-8-12-15-32(6,7)19-13-14-31-23(16-19)24-21(17-22(28)20(18-30)25(24)29)26(5,9-2)27(31,10-3)11-4/h10,13-14,16-17H,3,8-9,11-12,15H2,1-2,4-7H3/q+2. The van der Waals surface area contributed by atoms with Gasteiger partial charge in [0.15, 0.2) is 17.6 Å². The van der Waals surface area contributed by atoms with Gasteiger partial charge in [0.05, 0.1) is 43.8 Å². The average molecular weight is 440 g/mol. The normalized spacial score (nSPS) is 22.1. The van der Waals surface area contributed by atoms with E-state index in [2.05, 4.69) is 45.2 Å². The smallest absolute Gasteiger partial charge is 0.222 e. The van der Waals surface area contributed by atoms with Crippen LogP contribution >= 0.6 is 0 Å². The molecular formula is C27H35F2N3+2. The number of rotatable bonds is 7. The molecule has 0 amide bonds. The summed E-state index contributed by atoms with van der Waals surface area (Å²) in [4.78, 5) is 0. The third-order valence-electron chi connectivity index (χ3n) is 7.86. The van der Waals surface area contributed by atoms with Crippen molar-refractivity contribution >= 4 is 5.69 Å². The molecule has 1 aromatic carbocycles. The molecule has 5 heteroatoms. The van der Waals surface area contributed by atoms with Gasteiger partial charge in [-0.1, -0.05) is 33.8 Å². The SMILES string of the molecule is C=CC1(CC)[n+]2ccc([N+](C)(C)CCCC)cc2-c2c(cc(F)c(C#N)c2F)C1(C)CC. The largest absolute Gasteiger partial charge is 0.296 e. The lowest BCUT2D eigenvalue weighted by atomic mass is 9.59. The van der Waals surface area contributed by atoms with E-state index in [1.54, 1.807) is 6.07 Å². The molecule has 0 bridgehead atoms. The molecule has 170 valence electrons. The number of hydrogen-bond donors (Lipinski definition) is 0. The minimum atomic E-state index is -0.804. The number of allylic oxidation sites excluding steroid dienone is 1. The molecule has 0 spiro atoms. The number of nitriles is 1. The Kier molecular flexibility index (Phi) is 6.32. The van der Waals surface area contributed by atoms with Crippen LogP contribution in [0.2, 0.25) is 0 Å². The molecule has 2 atom stereocenters. The highest BCUT2D eigenvalue weighted by molar-refractivity contribution is 5.71. The van der Waals surface area contributed by atoms with Crippen LogP contribution in [0.4, 0.5) is 14.5 Å². The number of hydrogen-bond acceptors (Lipinski definition) is 1. The molecular weight excluding hydrogens is 404 g/mol.